The van der Waals surface area contributed by atoms with E-state index in [1.54, 1.807) is 6.92 Å². The molecule has 2 aromatic rings. The molecule has 1 fully saturated rings. The molecule has 1 aliphatic heterocycles. The number of hydrogen-bond donors (Lipinski definition) is 1. The van der Waals surface area contributed by atoms with Gasteiger partial charge in [0, 0.05) is 17.8 Å². The Kier molecular flexibility index (Phi) is 5.86. The second-order valence-electron chi connectivity index (χ2n) is 6.60. The minimum absolute atomic E-state index is 0.0210. The Hall–Kier alpha value is -3.64. The molecule has 162 valence electrons. The van der Waals surface area contributed by atoms with E-state index in [1.165, 1.54) is 36.4 Å². The van der Waals surface area contributed by atoms with Crippen LogP contribution in [0.15, 0.2) is 53.4 Å². The van der Waals surface area contributed by atoms with Crippen molar-refractivity contribution in [2.45, 2.75) is 17.9 Å². The van der Waals surface area contributed by atoms with Gasteiger partial charge in [-0.05, 0) is 36.8 Å². The first-order valence-corrected chi connectivity index (χ1v) is 10.5. The van der Waals surface area contributed by atoms with Gasteiger partial charge in [-0.25, -0.2) is 13.6 Å². The van der Waals surface area contributed by atoms with E-state index in [0.717, 1.165) is 17.0 Å². The Morgan fingerprint density at radius 2 is 1.71 bits per heavy atom. The van der Waals surface area contributed by atoms with E-state index < -0.39 is 44.6 Å². The first kappa shape index (κ1) is 22.1. The third-order valence-corrected chi connectivity index (χ3v) is 5.66. The van der Waals surface area contributed by atoms with Crippen molar-refractivity contribution in [2.24, 2.45) is 11.1 Å². The summed E-state index contributed by atoms with van der Waals surface area (Å²) in [6, 6.07) is 8.79. The molecule has 1 saturated heterocycles. The number of esters is 1. The molecular weight excluding hydrogens is 430 g/mol. The first-order chi connectivity index (χ1) is 14.6. The van der Waals surface area contributed by atoms with E-state index in [2.05, 4.69) is 0 Å². The normalized spacial score (nSPS) is 18.8. The van der Waals surface area contributed by atoms with Gasteiger partial charge in [0.25, 0.3) is 11.6 Å². The van der Waals surface area contributed by atoms with Crippen molar-refractivity contribution < 1.29 is 32.5 Å². The van der Waals surface area contributed by atoms with Crippen molar-refractivity contribution in [1.29, 1.82) is 0 Å². The van der Waals surface area contributed by atoms with Crippen LogP contribution in [0, 0.1) is 16.0 Å². The number of benzene rings is 2. The molecule has 1 heterocycles. The number of carbonyl (C=O) groups excluding carboxylic acids is 3. The van der Waals surface area contributed by atoms with Crippen molar-refractivity contribution in [3.8, 4) is 0 Å². The molecule has 0 aromatic heterocycles. The molecule has 3 rings (SSSR count). The monoisotopic (exact) mass is 447 g/mol. The van der Waals surface area contributed by atoms with Crippen molar-refractivity contribution in [2.75, 3.05) is 11.5 Å². The minimum Gasteiger partial charge on any atom is -0.465 e. The smallest absolute Gasteiger partial charge is 0.319 e. The van der Waals surface area contributed by atoms with Crippen LogP contribution in [0.1, 0.15) is 18.5 Å². The molecule has 2 atom stereocenters. The number of ketones is 1. The van der Waals surface area contributed by atoms with E-state index in [9.17, 15) is 32.9 Å². The minimum atomic E-state index is -3.99. The van der Waals surface area contributed by atoms with Gasteiger partial charge in [0.2, 0.25) is 15.8 Å². The Morgan fingerprint density at radius 1 is 1.13 bits per heavy atom. The Balaban J connectivity index is 2.12. The number of non-ortho nitro benzene ring substituents is 1. The molecule has 31 heavy (non-hydrogen) atoms. The lowest BCUT2D eigenvalue weighted by molar-refractivity contribution is -0.384. The standard InChI is InChI=1S/C19H17N3O8S/c1-2-30-19(25)15-16(11-3-5-13(6-4-11)22(26)27)21(18(24)17(15)23)12-7-9-14(10-8-12)31(20,28)29/h3-10,15-16H,2H2,1H3,(H2,20,28,29)/t15-,16-/m0/s1. The molecule has 0 spiro atoms. The van der Waals surface area contributed by atoms with Gasteiger partial charge in [0.05, 0.1) is 22.5 Å². The zero-order chi connectivity index (χ0) is 22.9. The van der Waals surface area contributed by atoms with E-state index in [4.69, 9.17) is 9.88 Å². The number of rotatable bonds is 6. The van der Waals surface area contributed by atoms with Gasteiger partial charge in [-0.15, -0.1) is 0 Å². The number of anilines is 1. The number of ether oxygens (including phenoxy) is 1. The fraction of sp³-hybridized carbons (Fsp3) is 0.211. The van der Waals surface area contributed by atoms with Crippen LogP contribution in [-0.4, -0.2) is 37.6 Å². The van der Waals surface area contributed by atoms with E-state index in [-0.39, 0.29) is 22.9 Å². The number of nitro groups is 1. The number of nitrogens with two attached hydrogens (primary N) is 1. The van der Waals surface area contributed by atoms with Gasteiger partial charge < -0.3 is 4.74 Å². The van der Waals surface area contributed by atoms with Gasteiger partial charge in [-0.1, -0.05) is 12.1 Å². The van der Waals surface area contributed by atoms with Gasteiger partial charge in [-0.2, -0.15) is 0 Å². The maximum Gasteiger partial charge on any atom is 0.319 e. The van der Waals surface area contributed by atoms with Crippen molar-refractivity contribution in [3.05, 3.63) is 64.2 Å². The van der Waals surface area contributed by atoms with Crippen LogP contribution in [0.3, 0.4) is 0 Å². The van der Waals surface area contributed by atoms with Gasteiger partial charge in [0.15, 0.2) is 0 Å². The highest BCUT2D eigenvalue weighted by molar-refractivity contribution is 7.89. The molecular formula is C19H17N3O8S. The summed E-state index contributed by atoms with van der Waals surface area (Å²) in [6.45, 7) is 1.52. The highest BCUT2D eigenvalue weighted by Crippen LogP contribution is 2.40. The molecule has 0 radical (unpaired) electrons. The molecule has 1 amide bonds. The fourth-order valence-electron chi connectivity index (χ4n) is 3.35. The number of carbonyl (C=O) groups is 3. The van der Waals surface area contributed by atoms with Crippen molar-refractivity contribution in [1.82, 2.24) is 0 Å². The summed E-state index contributed by atoms with van der Waals surface area (Å²) in [7, 11) is -3.99. The summed E-state index contributed by atoms with van der Waals surface area (Å²) in [4.78, 5) is 49.1. The number of sulfonamides is 1. The summed E-state index contributed by atoms with van der Waals surface area (Å²) in [6.07, 6.45) is 0. The number of nitrogens with zero attached hydrogens (tertiary/aromatic N) is 2. The molecule has 0 saturated carbocycles. The maximum absolute atomic E-state index is 12.8. The van der Waals surface area contributed by atoms with Crippen LogP contribution in [-0.2, 0) is 29.1 Å². The summed E-state index contributed by atoms with van der Waals surface area (Å²) in [5, 5.41) is 16.0. The van der Waals surface area contributed by atoms with Gasteiger partial charge >= 0.3 is 5.97 Å². The summed E-state index contributed by atoms with van der Waals surface area (Å²) < 4.78 is 28.0. The molecule has 11 nitrogen and oxygen atoms in total. The van der Waals surface area contributed by atoms with Crippen LogP contribution >= 0.6 is 0 Å². The quantitative estimate of drug-likeness (QED) is 0.226. The molecule has 0 bridgehead atoms. The molecule has 12 heteroatoms. The number of amides is 1. The second kappa shape index (κ2) is 8.24. The van der Waals surface area contributed by atoms with Crippen LogP contribution in [0.5, 0.6) is 0 Å². The molecule has 2 aromatic carbocycles. The predicted molar refractivity (Wildman–Crippen MR) is 106 cm³/mol. The van der Waals surface area contributed by atoms with Crippen LogP contribution in [0.4, 0.5) is 11.4 Å². The van der Waals surface area contributed by atoms with Crippen LogP contribution in [0.25, 0.3) is 0 Å². The third kappa shape index (κ3) is 4.15. The Bertz CT molecular complexity index is 1160. The van der Waals surface area contributed by atoms with Crippen LogP contribution < -0.4 is 10.0 Å². The lowest BCUT2D eigenvalue weighted by Crippen LogP contribution is -2.31. The van der Waals surface area contributed by atoms with E-state index >= 15 is 0 Å². The zero-order valence-electron chi connectivity index (χ0n) is 16.1. The largest absolute Gasteiger partial charge is 0.465 e. The molecule has 1 aliphatic rings. The SMILES string of the molecule is CCOC(=O)[C@@H]1C(=O)C(=O)N(c2ccc(S(N)(=O)=O)cc2)[C@H]1c1ccc([N+](=O)[O-])cc1. The topological polar surface area (TPSA) is 167 Å². The maximum atomic E-state index is 12.8. The number of Topliss-reactive ketones (excluding diaryl/α,β-unsaturated/α-hetero) is 1. The lowest BCUT2D eigenvalue weighted by Gasteiger charge is -2.27. The number of primary sulfonamides is 1. The Labute approximate surface area is 176 Å². The number of nitro benzene ring substituents is 1. The van der Waals surface area contributed by atoms with Gasteiger partial charge in [0.1, 0.15) is 5.92 Å². The molecule has 0 unspecified atom stereocenters. The van der Waals surface area contributed by atoms with Gasteiger partial charge in [-0.3, -0.25) is 29.4 Å². The summed E-state index contributed by atoms with van der Waals surface area (Å²) >= 11 is 0. The van der Waals surface area contributed by atoms with Crippen molar-refractivity contribution in [3.63, 3.8) is 0 Å². The summed E-state index contributed by atoms with van der Waals surface area (Å²) in [5.74, 6) is -4.40. The molecule has 2 N–H and O–H groups in total. The average Bonchev–Trinajstić information content (AvgIpc) is 2.98. The van der Waals surface area contributed by atoms with E-state index in [0.29, 0.717) is 5.56 Å². The summed E-state index contributed by atoms with van der Waals surface area (Å²) in [5.41, 5.74) is 0.218. The molecule has 0 aliphatic carbocycles. The van der Waals surface area contributed by atoms with Crippen molar-refractivity contribution >= 4 is 39.1 Å². The highest BCUT2D eigenvalue weighted by atomic mass is 32.2. The predicted octanol–water partition coefficient (Wildman–Crippen LogP) is 1.08. The third-order valence-electron chi connectivity index (χ3n) is 4.74. The highest BCUT2D eigenvalue weighted by Gasteiger charge is 2.53. The first-order valence-electron chi connectivity index (χ1n) is 8.97. The second-order valence-corrected chi connectivity index (χ2v) is 8.16. The van der Waals surface area contributed by atoms with Crippen LogP contribution in [0.2, 0.25) is 0 Å². The fourth-order valence-corrected chi connectivity index (χ4v) is 3.86. The lowest BCUT2D eigenvalue weighted by atomic mass is 9.92. The number of hydrogen-bond acceptors (Lipinski definition) is 8. The average molecular weight is 447 g/mol. The zero-order valence-corrected chi connectivity index (χ0v) is 16.9. The Morgan fingerprint density at radius 3 is 2.19 bits per heavy atom. The van der Waals surface area contributed by atoms with E-state index in [1.807, 2.05) is 0 Å².